The van der Waals surface area contributed by atoms with E-state index in [9.17, 15) is 10.1 Å². The Morgan fingerprint density at radius 1 is 1.36 bits per heavy atom. The summed E-state index contributed by atoms with van der Waals surface area (Å²) in [5.41, 5.74) is 2.87. The van der Waals surface area contributed by atoms with Crippen molar-refractivity contribution in [2.24, 2.45) is 0 Å². The van der Waals surface area contributed by atoms with Gasteiger partial charge in [0.05, 0.1) is 12.6 Å². The molecule has 2 aromatic carbocycles. The molecule has 1 saturated heterocycles. The third-order valence-electron chi connectivity index (χ3n) is 5.73. The molecule has 1 aromatic heterocycles. The number of fused-ring (bicyclic) bond motifs is 1. The van der Waals surface area contributed by atoms with E-state index in [4.69, 9.17) is 21.1 Å². The van der Waals surface area contributed by atoms with Crippen LogP contribution in [-0.2, 0) is 16.1 Å². The number of hydrogen-bond acceptors (Lipinski definition) is 4. The van der Waals surface area contributed by atoms with Crippen LogP contribution in [-0.4, -0.2) is 36.3 Å². The van der Waals surface area contributed by atoms with E-state index in [0.29, 0.717) is 24.7 Å². The Morgan fingerprint density at radius 2 is 2.21 bits per heavy atom. The summed E-state index contributed by atoms with van der Waals surface area (Å²) in [4.78, 5) is 12.6. The highest BCUT2D eigenvalue weighted by Gasteiger charge is 2.18. The van der Waals surface area contributed by atoms with Crippen LogP contribution >= 0.6 is 11.6 Å². The fourth-order valence-electron chi connectivity index (χ4n) is 3.96. The second-order valence-electron chi connectivity index (χ2n) is 8.07. The highest BCUT2D eigenvalue weighted by atomic mass is 35.5. The van der Waals surface area contributed by atoms with Crippen LogP contribution in [0.5, 0.6) is 5.75 Å². The molecule has 1 atom stereocenters. The molecule has 3 aromatic rings. The van der Waals surface area contributed by atoms with Crippen molar-refractivity contribution in [1.82, 2.24) is 9.88 Å². The smallest absolute Gasteiger partial charge is 0.262 e. The number of aryl methyl sites for hydroxylation is 1. The molecule has 0 radical (unpaired) electrons. The van der Waals surface area contributed by atoms with E-state index in [1.165, 1.54) is 0 Å². The van der Waals surface area contributed by atoms with Crippen LogP contribution in [0.2, 0.25) is 5.02 Å². The maximum absolute atomic E-state index is 12.6. The Hall–Kier alpha value is -3.27. The van der Waals surface area contributed by atoms with E-state index in [-0.39, 0.29) is 17.6 Å². The molecular formula is C26H26ClN3O3. The largest absolute Gasteiger partial charge is 0.492 e. The third kappa shape index (κ3) is 5.57. The first kappa shape index (κ1) is 22.9. The van der Waals surface area contributed by atoms with Crippen molar-refractivity contribution < 1.29 is 14.3 Å². The van der Waals surface area contributed by atoms with E-state index in [1.54, 1.807) is 6.08 Å². The lowest BCUT2D eigenvalue weighted by molar-refractivity contribution is -0.117. The molecule has 0 spiro atoms. The van der Waals surface area contributed by atoms with Gasteiger partial charge in [-0.15, -0.1) is 0 Å². The van der Waals surface area contributed by atoms with Crippen LogP contribution in [0, 0.1) is 18.3 Å². The molecule has 1 N–H and O–H groups in total. The normalized spacial score (nSPS) is 16.0. The quantitative estimate of drug-likeness (QED) is 0.381. The van der Waals surface area contributed by atoms with Gasteiger partial charge in [0.1, 0.15) is 24.0 Å². The average molecular weight is 464 g/mol. The Balaban J connectivity index is 1.48. The summed E-state index contributed by atoms with van der Waals surface area (Å²) < 4.78 is 13.5. The highest BCUT2D eigenvalue weighted by Crippen LogP contribution is 2.25. The van der Waals surface area contributed by atoms with Crippen molar-refractivity contribution in [3.8, 4) is 11.8 Å². The number of amides is 1. The van der Waals surface area contributed by atoms with Crippen molar-refractivity contribution >= 4 is 34.5 Å². The lowest BCUT2D eigenvalue weighted by Gasteiger charge is -2.10. The van der Waals surface area contributed by atoms with Gasteiger partial charge in [0.25, 0.3) is 5.91 Å². The summed E-state index contributed by atoms with van der Waals surface area (Å²) in [6, 6.07) is 15.5. The number of nitriles is 1. The number of carbonyl (C=O) groups is 1. The molecule has 7 heteroatoms. The van der Waals surface area contributed by atoms with Gasteiger partial charge in [0, 0.05) is 40.8 Å². The van der Waals surface area contributed by atoms with Gasteiger partial charge in [-0.3, -0.25) is 4.79 Å². The number of hydrogen-bond donors (Lipinski definition) is 1. The summed E-state index contributed by atoms with van der Waals surface area (Å²) in [6.07, 6.45) is 5.55. The van der Waals surface area contributed by atoms with Crippen molar-refractivity contribution in [3.63, 3.8) is 0 Å². The summed E-state index contributed by atoms with van der Waals surface area (Å²) in [7, 11) is 0. The van der Waals surface area contributed by atoms with Gasteiger partial charge in [-0.25, -0.2) is 0 Å². The number of carbonyl (C=O) groups excluding carboxylic acids is 1. The fraction of sp³-hybridized carbons (Fsp3) is 0.308. The van der Waals surface area contributed by atoms with Crippen molar-refractivity contribution in [3.05, 3.63) is 70.4 Å². The number of benzene rings is 2. The summed E-state index contributed by atoms with van der Waals surface area (Å²) >= 11 is 6.08. The molecule has 1 aliphatic heterocycles. The number of rotatable bonds is 8. The zero-order valence-electron chi connectivity index (χ0n) is 18.5. The van der Waals surface area contributed by atoms with Crippen LogP contribution in [0.3, 0.4) is 0 Å². The number of ether oxygens (including phenoxy) is 2. The SMILES string of the molecule is Cc1cc(OCCn2cc(/C=C(\C#N)C(=O)NC[C@H]3CCCO3)c3ccccc32)ccc1Cl. The second kappa shape index (κ2) is 10.6. The summed E-state index contributed by atoms with van der Waals surface area (Å²) in [5, 5.41) is 14.1. The van der Waals surface area contributed by atoms with Crippen molar-refractivity contribution in [1.29, 1.82) is 5.26 Å². The minimum Gasteiger partial charge on any atom is -0.492 e. The predicted octanol–water partition coefficient (Wildman–Crippen LogP) is 4.88. The molecule has 0 bridgehead atoms. The third-order valence-corrected chi connectivity index (χ3v) is 6.15. The van der Waals surface area contributed by atoms with Gasteiger partial charge in [-0.1, -0.05) is 29.8 Å². The molecule has 6 nitrogen and oxygen atoms in total. The maximum atomic E-state index is 12.6. The molecule has 1 aliphatic rings. The van der Waals surface area contributed by atoms with Crippen LogP contribution in [0.25, 0.3) is 17.0 Å². The number of aromatic nitrogens is 1. The lowest BCUT2D eigenvalue weighted by atomic mass is 10.1. The van der Waals surface area contributed by atoms with Crippen LogP contribution in [0.4, 0.5) is 0 Å². The van der Waals surface area contributed by atoms with Crippen LogP contribution in [0.1, 0.15) is 24.0 Å². The Kier molecular flexibility index (Phi) is 7.33. The van der Waals surface area contributed by atoms with Gasteiger partial charge in [0.15, 0.2) is 0 Å². The monoisotopic (exact) mass is 463 g/mol. The minimum absolute atomic E-state index is 0.0280. The average Bonchev–Trinajstić information content (AvgIpc) is 3.47. The molecule has 0 unspecified atom stereocenters. The number of nitrogens with zero attached hydrogens (tertiary/aromatic N) is 2. The standard InChI is InChI=1S/C26H26ClN3O3/c1-18-13-21(8-9-24(18)27)33-12-10-30-17-20(23-6-2-3-7-25(23)30)14-19(15-28)26(31)29-16-22-5-4-11-32-22/h2-3,6-9,13-14,17,22H,4-5,10-12,16H2,1H3,(H,29,31)/b19-14+/t22-/m1/s1. The number of nitrogens with one attached hydrogen (secondary N) is 1. The summed E-state index contributed by atoms with van der Waals surface area (Å²) in [5.74, 6) is 0.384. The Labute approximate surface area is 198 Å². The van der Waals surface area contributed by atoms with E-state index in [1.807, 2.05) is 61.7 Å². The van der Waals surface area contributed by atoms with E-state index in [0.717, 1.165) is 47.2 Å². The van der Waals surface area contributed by atoms with Crippen LogP contribution < -0.4 is 10.1 Å². The van der Waals surface area contributed by atoms with Crippen molar-refractivity contribution in [2.75, 3.05) is 19.8 Å². The second-order valence-corrected chi connectivity index (χ2v) is 8.48. The van der Waals surface area contributed by atoms with Gasteiger partial charge in [-0.2, -0.15) is 5.26 Å². The summed E-state index contributed by atoms with van der Waals surface area (Å²) in [6.45, 7) is 4.17. The number of halogens is 1. The molecule has 0 saturated carbocycles. The van der Waals surface area contributed by atoms with Gasteiger partial charge < -0.3 is 19.4 Å². The molecular weight excluding hydrogens is 438 g/mol. The minimum atomic E-state index is -0.383. The van der Waals surface area contributed by atoms with Crippen LogP contribution in [0.15, 0.2) is 54.2 Å². The molecule has 170 valence electrons. The molecule has 4 rings (SSSR count). The first-order chi connectivity index (χ1) is 16.0. The van der Waals surface area contributed by atoms with Gasteiger partial charge in [0.2, 0.25) is 0 Å². The lowest BCUT2D eigenvalue weighted by Crippen LogP contribution is -2.32. The zero-order valence-corrected chi connectivity index (χ0v) is 19.3. The molecule has 33 heavy (non-hydrogen) atoms. The zero-order chi connectivity index (χ0) is 23.2. The van der Waals surface area contributed by atoms with Crippen molar-refractivity contribution in [2.45, 2.75) is 32.4 Å². The van der Waals surface area contributed by atoms with E-state index >= 15 is 0 Å². The Bertz CT molecular complexity index is 1220. The molecule has 0 aliphatic carbocycles. The van der Waals surface area contributed by atoms with Gasteiger partial charge >= 0.3 is 0 Å². The first-order valence-electron chi connectivity index (χ1n) is 11.0. The maximum Gasteiger partial charge on any atom is 0.262 e. The van der Waals surface area contributed by atoms with Gasteiger partial charge in [-0.05, 0) is 55.7 Å². The molecule has 2 heterocycles. The molecule has 1 fully saturated rings. The predicted molar refractivity (Wildman–Crippen MR) is 129 cm³/mol. The Morgan fingerprint density at radius 3 is 2.97 bits per heavy atom. The highest BCUT2D eigenvalue weighted by molar-refractivity contribution is 6.31. The fourth-order valence-corrected chi connectivity index (χ4v) is 4.07. The topological polar surface area (TPSA) is 76.3 Å². The molecule has 1 amide bonds. The number of para-hydroxylation sites is 1. The first-order valence-corrected chi connectivity index (χ1v) is 11.4. The van der Waals surface area contributed by atoms with E-state index < -0.39 is 0 Å². The van der Waals surface area contributed by atoms with E-state index in [2.05, 4.69) is 9.88 Å².